The first kappa shape index (κ1) is 6.15. The van der Waals surface area contributed by atoms with Crippen LogP contribution in [0.2, 0.25) is 12.6 Å². The van der Waals surface area contributed by atoms with Gasteiger partial charge in [0.25, 0.3) is 6.71 Å². The molecule has 4 heteroatoms. The largest absolute Gasteiger partial charge is 0.369 e. The van der Waals surface area contributed by atoms with Crippen molar-refractivity contribution in [2.45, 2.75) is 12.6 Å². The van der Waals surface area contributed by atoms with Crippen LogP contribution >= 0.6 is 0 Å². The van der Waals surface area contributed by atoms with Crippen molar-refractivity contribution in [2.75, 3.05) is 0 Å². The molecule has 0 radical (unpaired) electrons. The minimum atomic E-state index is -0.262. The van der Waals surface area contributed by atoms with Gasteiger partial charge in [0.15, 0.2) is 0 Å². The third-order valence-electron chi connectivity index (χ3n) is 1.72. The lowest BCUT2D eigenvalue weighted by Gasteiger charge is -2.24. The molecule has 1 aliphatic heterocycles. The maximum atomic E-state index is 10.4. The van der Waals surface area contributed by atoms with Crippen LogP contribution in [0.1, 0.15) is 0 Å². The SMILES string of the molecule is N#CB1CC(C(N)=O)C1. The lowest BCUT2D eigenvalue weighted by molar-refractivity contribution is -0.121. The molecule has 1 aliphatic rings. The molecule has 1 heterocycles. The summed E-state index contributed by atoms with van der Waals surface area (Å²) in [4.78, 5) is 10.4. The van der Waals surface area contributed by atoms with Crippen LogP contribution in [0, 0.1) is 17.1 Å². The molecule has 3 nitrogen and oxygen atoms in total. The van der Waals surface area contributed by atoms with E-state index in [9.17, 15) is 4.79 Å². The highest BCUT2D eigenvalue weighted by Crippen LogP contribution is 2.27. The van der Waals surface area contributed by atoms with Crippen molar-refractivity contribution < 1.29 is 4.79 Å². The predicted octanol–water partition coefficient (Wildman–Crippen LogP) is -0.341. The van der Waals surface area contributed by atoms with E-state index in [-0.39, 0.29) is 18.5 Å². The van der Waals surface area contributed by atoms with E-state index in [0.29, 0.717) is 12.6 Å². The third-order valence-corrected chi connectivity index (χ3v) is 1.72. The second-order valence-corrected chi connectivity index (χ2v) is 2.40. The van der Waals surface area contributed by atoms with Crippen LogP contribution in [0.5, 0.6) is 0 Å². The Morgan fingerprint density at radius 2 is 2.33 bits per heavy atom. The predicted molar refractivity (Wildman–Crippen MR) is 33.7 cm³/mol. The van der Waals surface area contributed by atoms with Gasteiger partial charge in [0.2, 0.25) is 5.91 Å². The fourth-order valence-corrected chi connectivity index (χ4v) is 0.956. The van der Waals surface area contributed by atoms with Crippen molar-refractivity contribution in [1.82, 2.24) is 0 Å². The molecule has 0 aromatic rings. The topological polar surface area (TPSA) is 66.9 Å². The summed E-state index contributed by atoms with van der Waals surface area (Å²) in [6, 6.07) is 0. The van der Waals surface area contributed by atoms with Gasteiger partial charge >= 0.3 is 0 Å². The number of amides is 1. The van der Waals surface area contributed by atoms with E-state index < -0.39 is 0 Å². The number of carbonyl (C=O) groups excluding carboxylic acids is 1. The van der Waals surface area contributed by atoms with Crippen LogP contribution in [-0.4, -0.2) is 12.6 Å². The first-order valence-electron chi connectivity index (χ1n) is 2.93. The number of nitriles is 1. The summed E-state index contributed by atoms with van der Waals surface area (Å²) in [5.74, 6) is 1.80. The van der Waals surface area contributed by atoms with E-state index in [0.717, 1.165) is 0 Å². The number of nitrogens with two attached hydrogens (primary N) is 1. The molecular weight excluding hydrogens is 115 g/mol. The Kier molecular flexibility index (Phi) is 1.43. The molecule has 0 aromatic heterocycles. The number of hydrogen-bond acceptors (Lipinski definition) is 2. The summed E-state index contributed by atoms with van der Waals surface area (Å²) in [5, 5.41) is 8.28. The highest BCUT2D eigenvalue weighted by molar-refractivity contribution is 6.70. The van der Waals surface area contributed by atoms with Gasteiger partial charge in [-0.15, -0.1) is 0 Å². The Balaban J connectivity index is 2.29. The molecule has 1 fully saturated rings. The third kappa shape index (κ3) is 1.05. The van der Waals surface area contributed by atoms with Gasteiger partial charge in [-0.25, -0.2) is 5.26 Å². The Labute approximate surface area is 53.9 Å². The zero-order valence-corrected chi connectivity index (χ0v) is 5.00. The molecule has 0 atom stereocenters. The smallest absolute Gasteiger partial charge is 0.269 e. The van der Waals surface area contributed by atoms with Gasteiger partial charge in [0.1, 0.15) is 0 Å². The van der Waals surface area contributed by atoms with Gasteiger partial charge in [0, 0.05) is 11.9 Å². The molecular formula is C5H7BN2O. The lowest BCUT2D eigenvalue weighted by atomic mass is 9.32. The summed E-state index contributed by atoms with van der Waals surface area (Å²) in [6.07, 6.45) is 1.34. The van der Waals surface area contributed by atoms with Gasteiger partial charge in [-0.2, -0.15) is 0 Å². The number of nitrogens with zero attached hydrogens (tertiary/aromatic N) is 1. The molecule has 0 unspecified atom stereocenters. The average Bonchev–Trinajstić information content (AvgIpc) is 1.61. The fraction of sp³-hybridized carbons (Fsp3) is 0.600. The van der Waals surface area contributed by atoms with Gasteiger partial charge in [0.05, 0.1) is 0 Å². The monoisotopic (exact) mass is 122 g/mol. The maximum Gasteiger partial charge on any atom is 0.269 e. The van der Waals surface area contributed by atoms with E-state index >= 15 is 0 Å². The van der Waals surface area contributed by atoms with E-state index in [4.69, 9.17) is 11.0 Å². The Morgan fingerprint density at radius 3 is 2.67 bits per heavy atom. The van der Waals surface area contributed by atoms with E-state index in [1.165, 1.54) is 0 Å². The highest BCUT2D eigenvalue weighted by atomic mass is 16.1. The van der Waals surface area contributed by atoms with Crippen molar-refractivity contribution in [1.29, 1.82) is 5.26 Å². The Morgan fingerprint density at radius 1 is 1.78 bits per heavy atom. The molecule has 0 aromatic carbocycles. The molecule has 0 saturated carbocycles. The van der Waals surface area contributed by atoms with Crippen molar-refractivity contribution in [3.8, 4) is 5.97 Å². The summed E-state index contributed by atoms with van der Waals surface area (Å²) in [6.45, 7) is 0.0856. The summed E-state index contributed by atoms with van der Waals surface area (Å²) >= 11 is 0. The van der Waals surface area contributed by atoms with Crippen LogP contribution in [0.3, 0.4) is 0 Å². The summed E-state index contributed by atoms with van der Waals surface area (Å²) < 4.78 is 0. The second-order valence-electron chi connectivity index (χ2n) is 2.40. The molecule has 1 amide bonds. The minimum Gasteiger partial charge on any atom is -0.369 e. The average molecular weight is 122 g/mol. The van der Waals surface area contributed by atoms with Crippen LogP contribution in [0.4, 0.5) is 0 Å². The first-order valence-corrected chi connectivity index (χ1v) is 2.93. The Bertz CT molecular complexity index is 168. The van der Waals surface area contributed by atoms with Crippen molar-refractivity contribution in [3.63, 3.8) is 0 Å². The number of carbonyl (C=O) groups is 1. The molecule has 0 aliphatic carbocycles. The van der Waals surface area contributed by atoms with Gasteiger partial charge in [-0.1, -0.05) is 0 Å². The second kappa shape index (κ2) is 2.10. The minimum absolute atomic E-state index is 0.0188. The quantitative estimate of drug-likeness (QED) is 0.483. The van der Waals surface area contributed by atoms with Crippen molar-refractivity contribution >= 4 is 12.6 Å². The highest BCUT2D eigenvalue weighted by Gasteiger charge is 2.36. The zero-order valence-electron chi connectivity index (χ0n) is 5.00. The molecule has 1 saturated heterocycles. The number of rotatable bonds is 1. The molecule has 0 spiro atoms. The van der Waals surface area contributed by atoms with E-state index in [2.05, 4.69) is 5.97 Å². The molecule has 9 heavy (non-hydrogen) atoms. The number of hydrogen-bond donors (Lipinski definition) is 1. The van der Waals surface area contributed by atoms with Crippen LogP contribution in [0.25, 0.3) is 0 Å². The first-order chi connectivity index (χ1) is 4.24. The van der Waals surface area contributed by atoms with Gasteiger partial charge in [-0.3, -0.25) is 4.79 Å². The van der Waals surface area contributed by atoms with Crippen LogP contribution in [0.15, 0.2) is 0 Å². The van der Waals surface area contributed by atoms with Gasteiger partial charge in [-0.05, 0) is 12.6 Å². The Hall–Kier alpha value is -0.975. The lowest BCUT2D eigenvalue weighted by Crippen LogP contribution is -2.38. The van der Waals surface area contributed by atoms with E-state index in [1.54, 1.807) is 0 Å². The maximum absolute atomic E-state index is 10.4. The van der Waals surface area contributed by atoms with Crippen molar-refractivity contribution in [3.05, 3.63) is 0 Å². The molecule has 46 valence electrons. The normalized spacial score (nSPS) is 18.3. The summed E-state index contributed by atoms with van der Waals surface area (Å²) in [5.41, 5.74) is 4.97. The zero-order chi connectivity index (χ0) is 6.85. The van der Waals surface area contributed by atoms with Crippen LogP contribution in [-0.2, 0) is 4.79 Å². The fourth-order valence-electron chi connectivity index (χ4n) is 0.956. The number of primary amides is 1. The van der Waals surface area contributed by atoms with Crippen molar-refractivity contribution in [2.24, 2.45) is 11.7 Å². The van der Waals surface area contributed by atoms with Crippen LogP contribution < -0.4 is 5.73 Å². The molecule has 2 N–H and O–H groups in total. The summed E-state index contributed by atoms with van der Waals surface area (Å²) in [7, 11) is 0. The standard InChI is InChI=1S/C5H7BN2O/c7-3-6-1-4(2-6)5(8)9/h4H,1-2H2,(H2,8,9). The van der Waals surface area contributed by atoms with Gasteiger partial charge < -0.3 is 5.73 Å². The molecule has 1 rings (SSSR count). The molecule has 0 bridgehead atoms. The van der Waals surface area contributed by atoms with E-state index in [1.807, 2.05) is 0 Å².